The number of amides is 1. The molecule has 1 aliphatic carbocycles. The summed E-state index contributed by atoms with van der Waals surface area (Å²) in [5.74, 6) is -0.0673. The Balaban J connectivity index is 1.53. The number of carbonyl (C=O) groups is 1. The molecule has 6 nitrogen and oxygen atoms in total. The quantitative estimate of drug-likeness (QED) is 0.560. The first-order valence-corrected chi connectivity index (χ1v) is 10.7. The van der Waals surface area contributed by atoms with Crippen molar-refractivity contribution in [3.63, 3.8) is 0 Å². The van der Waals surface area contributed by atoms with Crippen molar-refractivity contribution < 1.29 is 4.79 Å². The standard InChI is InChI=1S/C24H27N5O/c1-28-12-11-19-17(13-16-7-6-10-21-22(16)25-15-29(21)2)14-20(27-23(19)28)24(30)26-18-8-4-3-5-9-18/h6-7,10-12,14-15,18H,3-5,8-9,13H2,1-2H3,(H,26,30). The first-order chi connectivity index (χ1) is 14.6. The van der Waals surface area contributed by atoms with Gasteiger partial charge in [-0.2, -0.15) is 0 Å². The number of rotatable bonds is 4. The zero-order valence-corrected chi connectivity index (χ0v) is 17.6. The van der Waals surface area contributed by atoms with Crippen molar-refractivity contribution in [1.29, 1.82) is 0 Å². The lowest BCUT2D eigenvalue weighted by atomic mass is 9.95. The summed E-state index contributed by atoms with van der Waals surface area (Å²) in [6, 6.07) is 10.6. The molecule has 30 heavy (non-hydrogen) atoms. The highest BCUT2D eigenvalue weighted by atomic mass is 16.1. The molecule has 1 saturated carbocycles. The van der Waals surface area contributed by atoms with Gasteiger partial charge in [0.15, 0.2) is 0 Å². The Hall–Kier alpha value is -3.15. The van der Waals surface area contributed by atoms with Gasteiger partial charge in [-0.1, -0.05) is 31.4 Å². The summed E-state index contributed by atoms with van der Waals surface area (Å²) < 4.78 is 4.02. The number of pyridine rings is 1. The summed E-state index contributed by atoms with van der Waals surface area (Å²) in [5, 5.41) is 4.29. The van der Waals surface area contributed by atoms with Crippen LogP contribution in [0.4, 0.5) is 0 Å². The predicted molar refractivity (Wildman–Crippen MR) is 119 cm³/mol. The lowest BCUT2D eigenvalue weighted by molar-refractivity contribution is 0.0923. The van der Waals surface area contributed by atoms with Crippen LogP contribution in [0, 0.1) is 0 Å². The molecule has 6 heteroatoms. The number of para-hydroxylation sites is 1. The molecule has 1 amide bonds. The lowest BCUT2D eigenvalue weighted by Crippen LogP contribution is -2.36. The van der Waals surface area contributed by atoms with Gasteiger partial charge in [0.2, 0.25) is 0 Å². The first kappa shape index (κ1) is 18.9. The van der Waals surface area contributed by atoms with Gasteiger partial charge in [0, 0.05) is 38.1 Å². The maximum atomic E-state index is 13.0. The van der Waals surface area contributed by atoms with Crippen LogP contribution in [0.25, 0.3) is 22.1 Å². The Morgan fingerprint density at radius 3 is 2.77 bits per heavy atom. The molecule has 0 spiro atoms. The topological polar surface area (TPSA) is 64.7 Å². The summed E-state index contributed by atoms with van der Waals surface area (Å²) >= 11 is 0. The number of carbonyl (C=O) groups excluding carboxylic acids is 1. The van der Waals surface area contributed by atoms with Crippen molar-refractivity contribution in [2.75, 3.05) is 0 Å². The van der Waals surface area contributed by atoms with Gasteiger partial charge in [-0.25, -0.2) is 9.97 Å². The molecule has 154 valence electrons. The third-order valence-corrected chi connectivity index (χ3v) is 6.32. The van der Waals surface area contributed by atoms with E-state index in [0.29, 0.717) is 12.1 Å². The molecule has 3 aromatic heterocycles. The number of aryl methyl sites for hydroxylation is 2. The molecular weight excluding hydrogens is 374 g/mol. The number of hydrogen-bond donors (Lipinski definition) is 1. The second-order valence-corrected chi connectivity index (χ2v) is 8.46. The minimum atomic E-state index is -0.0673. The fourth-order valence-electron chi connectivity index (χ4n) is 4.64. The van der Waals surface area contributed by atoms with E-state index in [1.807, 2.05) is 41.8 Å². The van der Waals surface area contributed by atoms with Gasteiger partial charge in [0.1, 0.15) is 11.3 Å². The van der Waals surface area contributed by atoms with Gasteiger partial charge < -0.3 is 14.5 Å². The summed E-state index contributed by atoms with van der Waals surface area (Å²) in [5.41, 5.74) is 5.72. The number of fused-ring (bicyclic) bond motifs is 2. The minimum absolute atomic E-state index is 0.0673. The van der Waals surface area contributed by atoms with Gasteiger partial charge in [-0.15, -0.1) is 0 Å². The van der Waals surface area contributed by atoms with Crippen molar-refractivity contribution in [2.45, 2.75) is 44.6 Å². The van der Waals surface area contributed by atoms with Crippen molar-refractivity contribution in [3.8, 4) is 0 Å². The second-order valence-electron chi connectivity index (χ2n) is 8.46. The fraction of sp³-hybridized carbons (Fsp3) is 0.375. The highest BCUT2D eigenvalue weighted by molar-refractivity contribution is 5.96. The maximum Gasteiger partial charge on any atom is 0.270 e. The van der Waals surface area contributed by atoms with E-state index in [1.165, 1.54) is 19.3 Å². The Morgan fingerprint density at radius 2 is 1.93 bits per heavy atom. The molecule has 0 radical (unpaired) electrons. The highest BCUT2D eigenvalue weighted by Crippen LogP contribution is 2.26. The predicted octanol–water partition coefficient (Wildman–Crippen LogP) is 4.11. The van der Waals surface area contributed by atoms with E-state index in [1.54, 1.807) is 0 Å². The average Bonchev–Trinajstić information content (AvgIpc) is 3.33. The summed E-state index contributed by atoms with van der Waals surface area (Å²) in [7, 11) is 3.98. The maximum absolute atomic E-state index is 13.0. The van der Waals surface area contributed by atoms with Crippen molar-refractivity contribution >= 4 is 28.0 Å². The van der Waals surface area contributed by atoms with Crippen LogP contribution in [-0.2, 0) is 20.5 Å². The minimum Gasteiger partial charge on any atom is -0.348 e. The lowest BCUT2D eigenvalue weighted by Gasteiger charge is -2.22. The van der Waals surface area contributed by atoms with Crippen LogP contribution < -0.4 is 5.32 Å². The van der Waals surface area contributed by atoms with Crippen LogP contribution >= 0.6 is 0 Å². The zero-order valence-electron chi connectivity index (χ0n) is 17.6. The number of nitrogens with zero attached hydrogens (tertiary/aromatic N) is 4. The fourth-order valence-corrected chi connectivity index (χ4v) is 4.64. The van der Waals surface area contributed by atoms with E-state index in [2.05, 4.69) is 34.6 Å². The molecule has 1 aliphatic rings. The Labute approximate surface area is 175 Å². The molecule has 0 atom stereocenters. The Kier molecular flexibility index (Phi) is 4.77. The largest absolute Gasteiger partial charge is 0.348 e. The van der Waals surface area contributed by atoms with E-state index >= 15 is 0 Å². The molecule has 1 N–H and O–H groups in total. The number of hydrogen-bond acceptors (Lipinski definition) is 3. The Bertz CT molecular complexity index is 1230. The van der Waals surface area contributed by atoms with E-state index < -0.39 is 0 Å². The van der Waals surface area contributed by atoms with Crippen molar-refractivity contribution in [3.05, 3.63) is 59.7 Å². The third-order valence-electron chi connectivity index (χ3n) is 6.32. The van der Waals surface area contributed by atoms with Gasteiger partial charge in [0.05, 0.1) is 17.4 Å². The van der Waals surface area contributed by atoms with Crippen LogP contribution in [0.3, 0.4) is 0 Å². The smallest absolute Gasteiger partial charge is 0.270 e. The van der Waals surface area contributed by atoms with E-state index in [9.17, 15) is 4.79 Å². The van der Waals surface area contributed by atoms with Crippen LogP contribution in [0.15, 0.2) is 42.9 Å². The van der Waals surface area contributed by atoms with Crippen LogP contribution in [-0.4, -0.2) is 31.1 Å². The molecule has 0 aliphatic heterocycles. The van der Waals surface area contributed by atoms with Gasteiger partial charge in [0.25, 0.3) is 5.91 Å². The molecule has 5 rings (SSSR count). The summed E-state index contributed by atoms with van der Waals surface area (Å²) in [6.07, 6.45) is 10.3. The number of imidazole rings is 1. The van der Waals surface area contributed by atoms with Crippen molar-refractivity contribution in [1.82, 2.24) is 24.4 Å². The molecule has 1 aromatic carbocycles. The molecule has 4 aromatic rings. The average molecular weight is 402 g/mol. The van der Waals surface area contributed by atoms with Crippen LogP contribution in [0.5, 0.6) is 0 Å². The number of benzene rings is 1. The monoisotopic (exact) mass is 401 g/mol. The van der Waals surface area contributed by atoms with Gasteiger partial charge in [-0.05, 0) is 42.2 Å². The second kappa shape index (κ2) is 7.59. The van der Waals surface area contributed by atoms with E-state index in [0.717, 1.165) is 46.0 Å². The zero-order chi connectivity index (χ0) is 20.7. The molecule has 0 saturated heterocycles. The normalized spacial score (nSPS) is 15.1. The number of nitrogens with one attached hydrogen (secondary N) is 1. The number of aromatic nitrogens is 4. The summed E-state index contributed by atoms with van der Waals surface area (Å²) in [4.78, 5) is 22.3. The van der Waals surface area contributed by atoms with Crippen LogP contribution in [0.1, 0.15) is 53.7 Å². The van der Waals surface area contributed by atoms with E-state index in [-0.39, 0.29) is 11.9 Å². The highest BCUT2D eigenvalue weighted by Gasteiger charge is 2.20. The van der Waals surface area contributed by atoms with E-state index in [4.69, 9.17) is 4.98 Å². The summed E-state index contributed by atoms with van der Waals surface area (Å²) in [6.45, 7) is 0. The molecule has 0 unspecified atom stereocenters. The molecular formula is C24H27N5O. The Morgan fingerprint density at radius 1 is 1.10 bits per heavy atom. The van der Waals surface area contributed by atoms with Crippen LogP contribution in [0.2, 0.25) is 0 Å². The first-order valence-electron chi connectivity index (χ1n) is 10.7. The van der Waals surface area contributed by atoms with Gasteiger partial charge in [-0.3, -0.25) is 4.79 Å². The SMILES string of the molecule is Cn1cnc2c(Cc3cc(C(=O)NC4CCCCC4)nc4c3ccn4C)cccc21. The van der Waals surface area contributed by atoms with Crippen molar-refractivity contribution in [2.24, 2.45) is 14.1 Å². The molecule has 3 heterocycles. The van der Waals surface area contributed by atoms with Gasteiger partial charge >= 0.3 is 0 Å². The third kappa shape index (κ3) is 3.36. The molecule has 1 fully saturated rings. The molecule has 0 bridgehead atoms.